The average molecular weight is 249 g/mol. The number of likely N-dealkylation sites (N-methyl/N-ethyl adjacent to an activating group) is 1. The lowest BCUT2D eigenvalue weighted by Crippen LogP contribution is -2.35. The van der Waals surface area contributed by atoms with Gasteiger partial charge in [-0.3, -0.25) is 0 Å². The zero-order valence-electron chi connectivity index (χ0n) is 11.2. The van der Waals surface area contributed by atoms with Crippen LogP contribution in [0.15, 0.2) is 6.20 Å². The number of nitrogens with zero attached hydrogens (tertiary/aromatic N) is 3. The lowest BCUT2D eigenvalue weighted by molar-refractivity contribution is 0.0721. The molecule has 0 aliphatic carbocycles. The van der Waals surface area contributed by atoms with Crippen LogP contribution in [0.5, 0.6) is 0 Å². The summed E-state index contributed by atoms with van der Waals surface area (Å²) in [6.07, 6.45) is 7.11. The van der Waals surface area contributed by atoms with Crippen LogP contribution < -0.4 is 0 Å². The van der Waals surface area contributed by atoms with Crippen molar-refractivity contribution < 1.29 is 5.11 Å². The summed E-state index contributed by atoms with van der Waals surface area (Å²) in [6, 6.07) is 0. The summed E-state index contributed by atoms with van der Waals surface area (Å²) in [7, 11) is 0. The summed E-state index contributed by atoms with van der Waals surface area (Å²) in [5.41, 5.74) is 1.22. The third kappa shape index (κ3) is 2.08. The van der Waals surface area contributed by atoms with Crippen molar-refractivity contribution in [1.29, 1.82) is 0 Å². The van der Waals surface area contributed by atoms with Crippen molar-refractivity contribution in [2.45, 2.75) is 51.2 Å². The summed E-state index contributed by atoms with van der Waals surface area (Å²) >= 11 is 0. The third-order valence-electron chi connectivity index (χ3n) is 4.41. The maximum Gasteiger partial charge on any atom is 0.132 e. The zero-order chi connectivity index (χ0) is 12.5. The van der Waals surface area contributed by atoms with Crippen LogP contribution in [0.3, 0.4) is 0 Å². The van der Waals surface area contributed by atoms with Crippen molar-refractivity contribution in [3.8, 4) is 0 Å². The van der Waals surface area contributed by atoms with Crippen LogP contribution in [0.1, 0.15) is 56.3 Å². The maximum atomic E-state index is 10.2. The molecule has 0 aromatic carbocycles. The SMILES string of the molecule is CCN1CCCC(c2ncc3n2C(O)CCC3)C1. The summed E-state index contributed by atoms with van der Waals surface area (Å²) in [5, 5.41) is 10.2. The van der Waals surface area contributed by atoms with Gasteiger partial charge in [-0.05, 0) is 45.2 Å². The minimum absolute atomic E-state index is 0.344. The van der Waals surface area contributed by atoms with E-state index in [9.17, 15) is 5.11 Å². The zero-order valence-corrected chi connectivity index (χ0v) is 11.2. The Morgan fingerprint density at radius 2 is 2.28 bits per heavy atom. The van der Waals surface area contributed by atoms with E-state index in [2.05, 4.69) is 21.4 Å². The van der Waals surface area contributed by atoms with Crippen molar-refractivity contribution in [2.24, 2.45) is 0 Å². The van der Waals surface area contributed by atoms with Gasteiger partial charge in [-0.2, -0.15) is 0 Å². The quantitative estimate of drug-likeness (QED) is 0.870. The van der Waals surface area contributed by atoms with E-state index < -0.39 is 0 Å². The number of aliphatic hydroxyl groups is 1. The molecule has 1 aromatic heterocycles. The Bertz CT molecular complexity index is 415. The molecule has 4 heteroatoms. The number of likely N-dealkylation sites (tertiary alicyclic amines) is 1. The standard InChI is InChI=1S/C14H23N3O/c1-2-16-8-4-5-11(10-16)14-15-9-12-6-3-7-13(18)17(12)14/h9,11,13,18H,2-8,10H2,1H3. The Balaban J connectivity index is 1.86. The Kier molecular flexibility index (Phi) is 3.39. The smallest absolute Gasteiger partial charge is 0.132 e. The van der Waals surface area contributed by atoms with E-state index in [1.807, 2.05) is 6.20 Å². The van der Waals surface area contributed by atoms with Crippen LogP contribution in [0.25, 0.3) is 0 Å². The van der Waals surface area contributed by atoms with Gasteiger partial charge < -0.3 is 14.6 Å². The molecule has 1 saturated heterocycles. The van der Waals surface area contributed by atoms with Gasteiger partial charge >= 0.3 is 0 Å². The monoisotopic (exact) mass is 249 g/mol. The van der Waals surface area contributed by atoms with Crippen LogP contribution in [0, 0.1) is 0 Å². The van der Waals surface area contributed by atoms with Gasteiger partial charge in [0.25, 0.3) is 0 Å². The van der Waals surface area contributed by atoms with E-state index in [4.69, 9.17) is 0 Å². The number of hydrogen-bond donors (Lipinski definition) is 1. The van der Waals surface area contributed by atoms with E-state index in [1.54, 1.807) is 0 Å². The molecule has 2 aliphatic rings. The van der Waals surface area contributed by atoms with Crippen molar-refractivity contribution in [3.05, 3.63) is 17.7 Å². The number of rotatable bonds is 2. The number of aliphatic hydroxyl groups excluding tert-OH is 1. The minimum Gasteiger partial charge on any atom is -0.373 e. The molecule has 1 aromatic rings. The highest BCUT2D eigenvalue weighted by molar-refractivity contribution is 5.13. The Hall–Kier alpha value is -0.870. The highest BCUT2D eigenvalue weighted by atomic mass is 16.3. The molecule has 3 heterocycles. The molecule has 0 radical (unpaired) electrons. The number of imidazole rings is 1. The topological polar surface area (TPSA) is 41.3 Å². The normalized spacial score (nSPS) is 29.2. The molecule has 2 unspecified atom stereocenters. The van der Waals surface area contributed by atoms with Crippen LogP contribution in [0.4, 0.5) is 0 Å². The fourth-order valence-electron chi connectivity index (χ4n) is 3.39. The van der Waals surface area contributed by atoms with Crippen molar-refractivity contribution >= 4 is 0 Å². The van der Waals surface area contributed by atoms with Gasteiger partial charge in [0.15, 0.2) is 0 Å². The van der Waals surface area contributed by atoms with Crippen LogP contribution >= 0.6 is 0 Å². The molecular weight excluding hydrogens is 226 g/mol. The van der Waals surface area contributed by atoms with Gasteiger partial charge in [-0.1, -0.05) is 6.92 Å². The molecular formula is C14H23N3O. The second-order valence-electron chi connectivity index (χ2n) is 5.58. The van der Waals surface area contributed by atoms with E-state index in [0.717, 1.165) is 38.2 Å². The van der Waals surface area contributed by atoms with E-state index in [0.29, 0.717) is 5.92 Å². The van der Waals surface area contributed by atoms with Crippen molar-refractivity contribution in [2.75, 3.05) is 19.6 Å². The maximum absolute atomic E-state index is 10.2. The third-order valence-corrected chi connectivity index (χ3v) is 4.41. The molecule has 2 aliphatic heterocycles. The molecule has 1 fully saturated rings. The van der Waals surface area contributed by atoms with Crippen LogP contribution in [-0.2, 0) is 6.42 Å². The first-order valence-corrected chi connectivity index (χ1v) is 7.26. The Morgan fingerprint density at radius 1 is 1.39 bits per heavy atom. The van der Waals surface area contributed by atoms with E-state index in [-0.39, 0.29) is 6.23 Å². The average Bonchev–Trinajstić information content (AvgIpc) is 2.84. The predicted molar refractivity (Wildman–Crippen MR) is 70.5 cm³/mol. The number of fused-ring (bicyclic) bond motifs is 1. The molecule has 1 N–H and O–H groups in total. The molecule has 0 saturated carbocycles. The lowest BCUT2D eigenvalue weighted by Gasteiger charge is -2.33. The summed E-state index contributed by atoms with van der Waals surface area (Å²) in [4.78, 5) is 7.11. The second-order valence-corrected chi connectivity index (χ2v) is 5.58. The largest absolute Gasteiger partial charge is 0.373 e. The second kappa shape index (κ2) is 5.02. The first-order chi connectivity index (χ1) is 8.79. The van der Waals surface area contributed by atoms with Gasteiger partial charge in [0, 0.05) is 24.4 Å². The lowest BCUT2D eigenvalue weighted by atomic mass is 9.96. The fraction of sp³-hybridized carbons (Fsp3) is 0.786. The van der Waals surface area contributed by atoms with Gasteiger partial charge in [0.2, 0.25) is 0 Å². The molecule has 0 bridgehead atoms. The molecule has 2 atom stereocenters. The van der Waals surface area contributed by atoms with Crippen LogP contribution in [0.2, 0.25) is 0 Å². The molecule has 4 nitrogen and oxygen atoms in total. The Morgan fingerprint density at radius 3 is 3.11 bits per heavy atom. The van der Waals surface area contributed by atoms with Gasteiger partial charge in [0.05, 0.1) is 0 Å². The van der Waals surface area contributed by atoms with E-state index >= 15 is 0 Å². The first kappa shape index (κ1) is 12.2. The molecule has 18 heavy (non-hydrogen) atoms. The molecule has 100 valence electrons. The molecule has 3 rings (SSSR count). The van der Waals surface area contributed by atoms with Gasteiger partial charge in [-0.25, -0.2) is 4.98 Å². The number of aryl methyl sites for hydroxylation is 1. The van der Waals surface area contributed by atoms with Gasteiger partial charge in [-0.15, -0.1) is 0 Å². The number of hydrogen-bond acceptors (Lipinski definition) is 3. The highest BCUT2D eigenvalue weighted by Gasteiger charge is 2.28. The van der Waals surface area contributed by atoms with Crippen LogP contribution in [-0.4, -0.2) is 39.2 Å². The Labute approximate surface area is 109 Å². The number of piperidine rings is 1. The van der Waals surface area contributed by atoms with Gasteiger partial charge in [0.1, 0.15) is 12.1 Å². The minimum atomic E-state index is -0.344. The van der Waals surface area contributed by atoms with Crippen molar-refractivity contribution in [1.82, 2.24) is 14.5 Å². The predicted octanol–water partition coefficient (Wildman–Crippen LogP) is 1.91. The molecule has 0 spiro atoms. The summed E-state index contributed by atoms with van der Waals surface area (Å²) < 4.78 is 2.10. The molecule has 0 amide bonds. The highest BCUT2D eigenvalue weighted by Crippen LogP contribution is 2.32. The number of aromatic nitrogens is 2. The fourth-order valence-corrected chi connectivity index (χ4v) is 3.39. The van der Waals surface area contributed by atoms with Crippen molar-refractivity contribution in [3.63, 3.8) is 0 Å². The summed E-state index contributed by atoms with van der Waals surface area (Å²) in [6.45, 7) is 5.65. The first-order valence-electron chi connectivity index (χ1n) is 7.26. The van der Waals surface area contributed by atoms with E-state index in [1.165, 1.54) is 25.1 Å². The summed E-state index contributed by atoms with van der Waals surface area (Å²) in [5.74, 6) is 1.62.